The molecule has 0 radical (unpaired) electrons. The minimum absolute atomic E-state index is 0.424. The Balaban J connectivity index is 2.16. The van der Waals surface area contributed by atoms with Crippen LogP contribution in [-0.2, 0) is 6.42 Å². The third kappa shape index (κ3) is 2.57. The Morgan fingerprint density at radius 3 is 2.67 bits per heavy atom. The van der Waals surface area contributed by atoms with Crippen LogP contribution in [0.5, 0.6) is 0 Å². The fourth-order valence-corrected chi connectivity index (χ4v) is 2.92. The zero-order chi connectivity index (χ0) is 14.8. The number of benzene rings is 2. The Hall–Kier alpha value is -2.49. The number of para-hydroxylation sites is 1. The summed E-state index contributed by atoms with van der Waals surface area (Å²) in [6.07, 6.45) is 3.27. The highest BCUT2D eigenvalue weighted by Crippen LogP contribution is 2.35. The topological polar surface area (TPSA) is 72.3 Å². The minimum Gasteiger partial charge on any atom is -0.399 e. The van der Waals surface area contributed by atoms with Crippen LogP contribution in [0, 0.1) is 0 Å². The summed E-state index contributed by atoms with van der Waals surface area (Å²) in [6, 6.07) is 13.6. The molecule has 0 saturated heterocycles. The quantitative estimate of drug-likeness (QED) is 0.831. The molecule has 0 aromatic heterocycles. The van der Waals surface area contributed by atoms with Gasteiger partial charge in [-0.2, -0.15) is 0 Å². The van der Waals surface area contributed by atoms with Crippen molar-refractivity contribution in [1.29, 1.82) is 0 Å². The van der Waals surface area contributed by atoms with Crippen LogP contribution in [0.3, 0.4) is 0 Å². The second kappa shape index (κ2) is 5.48. The highest BCUT2D eigenvalue weighted by atomic mass is 16.1. The first-order chi connectivity index (χ1) is 10.2. The lowest BCUT2D eigenvalue weighted by molar-refractivity contribution is 0.100. The second-order valence-corrected chi connectivity index (χ2v) is 5.38. The largest absolute Gasteiger partial charge is 0.399 e. The van der Waals surface area contributed by atoms with Gasteiger partial charge in [0.2, 0.25) is 0 Å². The van der Waals surface area contributed by atoms with Gasteiger partial charge in [-0.1, -0.05) is 18.2 Å². The van der Waals surface area contributed by atoms with Crippen molar-refractivity contribution >= 4 is 23.0 Å². The first-order valence-electron chi connectivity index (χ1n) is 7.21. The van der Waals surface area contributed by atoms with Gasteiger partial charge in [-0.15, -0.1) is 0 Å². The molecule has 0 spiro atoms. The average Bonchev–Trinajstić information content (AvgIpc) is 2.69. The molecular formula is C17H19N3O. The van der Waals surface area contributed by atoms with Crippen molar-refractivity contribution < 1.29 is 4.79 Å². The molecule has 0 saturated carbocycles. The maximum atomic E-state index is 11.7. The van der Waals surface area contributed by atoms with Crippen molar-refractivity contribution in [2.45, 2.75) is 19.3 Å². The van der Waals surface area contributed by atoms with Gasteiger partial charge in [0.05, 0.1) is 11.3 Å². The van der Waals surface area contributed by atoms with E-state index in [1.165, 1.54) is 5.56 Å². The molecule has 0 fully saturated rings. The van der Waals surface area contributed by atoms with Crippen LogP contribution in [0.4, 0.5) is 17.1 Å². The highest BCUT2D eigenvalue weighted by molar-refractivity contribution is 6.00. The van der Waals surface area contributed by atoms with Crippen molar-refractivity contribution in [1.82, 2.24) is 0 Å². The first kappa shape index (κ1) is 13.5. The van der Waals surface area contributed by atoms with Gasteiger partial charge in [0.1, 0.15) is 0 Å². The predicted molar refractivity (Wildman–Crippen MR) is 85.8 cm³/mol. The maximum Gasteiger partial charge on any atom is 0.250 e. The van der Waals surface area contributed by atoms with Crippen LogP contribution in [-0.4, -0.2) is 12.5 Å². The van der Waals surface area contributed by atoms with Crippen LogP contribution in [0.15, 0.2) is 42.5 Å². The van der Waals surface area contributed by atoms with Gasteiger partial charge < -0.3 is 16.4 Å². The molecule has 3 rings (SSSR count). The number of carbonyl (C=O) groups is 1. The number of anilines is 3. The Morgan fingerprint density at radius 1 is 1.05 bits per heavy atom. The van der Waals surface area contributed by atoms with Gasteiger partial charge in [0.25, 0.3) is 5.91 Å². The van der Waals surface area contributed by atoms with Crippen LogP contribution in [0.2, 0.25) is 0 Å². The Labute approximate surface area is 124 Å². The number of primary amides is 1. The fraction of sp³-hybridized carbons (Fsp3) is 0.235. The van der Waals surface area contributed by atoms with Gasteiger partial charge in [0.15, 0.2) is 0 Å². The van der Waals surface area contributed by atoms with E-state index in [-0.39, 0.29) is 0 Å². The molecule has 1 aliphatic heterocycles. The van der Waals surface area contributed by atoms with Crippen molar-refractivity contribution in [3.8, 4) is 0 Å². The number of fused-ring (bicyclic) bond motifs is 1. The summed E-state index contributed by atoms with van der Waals surface area (Å²) in [5.41, 5.74) is 15.8. The molecule has 0 atom stereocenters. The molecule has 4 nitrogen and oxygen atoms in total. The number of hydrogen-bond donors (Lipinski definition) is 2. The van der Waals surface area contributed by atoms with E-state index < -0.39 is 5.91 Å². The lowest BCUT2D eigenvalue weighted by Crippen LogP contribution is -2.23. The fourth-order valence-electron chi connectivity index (χ4n) is 2.92. The molecular weight excluding hydrogens is 262 g/mol. The summed E-state index contributed by atoms with van der Waals surface area (Å²) in [5, 5.41) is 0. The molecule has 0 bridgehead atoms. The maximum absolute atomic E-state index is 11.7. The van der Waals surface area contributed by atoms with Crippen LogP contribution >= 0.6 is 0 Å². The van der Waals surface area contributed by atoms with Crippen molar-refractivity contribution in [3.63, 3.8) is 0 Å². The lowest BCUT2D eigenvalue weighted by atomic mass is 10.1. The van der Waals surface area contributed by atoms with Crippen LogP contribution < -0.4 is 16.4 Å². The van der Waals surface area contributed by atoms with Gasteiger partial charge in [-0.25, -0.2) is 0 Å². The third-order valence-corrected chi connectivity index (χ3v) is 3.94. The molecule has 108 valence electrons. The summed E-state index contributed by atoms with van der Waals surface area (Å²) in [6.45, 7) is 0.862. The van der Waals surface area contributed by atoms with Crippen molar-refractivity contribution in [3.05, 3.63) is 53.6 Å². The smallest absolute Gasteiger partial charge is 0.250 e. The van der Waals surface area contributed by atoms with E-state index in [9.17, 15) is 4.79 Å². The van der Waals surface area contributed by atoms with E-state index in [2.05, 4.69) is 23.1 Å². The molecule has 4 N–H and O–H groups in total. The molecule has 21 heavy (non-hydrogen) atoms. The summed E-state index contributed by atoms with van der Waals surface area (Å²) in [5.74, 6) is -0.424. The van der Waals surface area contributed by atoms with E-state index in [0.29, 0.717) is 11.3 Å². The summed E-state index contributed by atoms with van der Waals surface area (Å²) in [4.78, 5) is 13.9. The number of amides is 1. The van der Waals surface area contributed by atoms with Gasteiger partial charge in [-0.3, -0.25) is 4.79 Å². The van der Waals surface area contributed by atoms with E-state index in [0.717, 1.165) is 37.2 Å². The minimum atomic E-state index is -0.424. The molecule has 2 aromatic rings. The first-order valence-corrected chi connectivity index (χ1v) is 7.21. The Kier molecular flexibility index (Phi) is 3.52. The van der Waals surface area contributed by atoms with E-state index in [1.807, 2.05) is 12.1 Å². The number of nitrogen functional groups attached to an aromatic ring is 1. The van der Waals surface area contributed by atoms with Crippen molar-refractivity contribution in [2.75, 3.05) is 17.2 Å². The molecule has 1 amide bonds. The zero-order valence-corrected chi connectivity index (χ0v) is 11.9. The molecule has 0 unspecified atom stereocenters. The number of carbonyl (C=O) groups excluding carboxylic acids is 1. The average molecular weight is 281 g/mol. The monoisotopic (exact) mass is 281 g/mol. The highest BCUT2D eigenvalue weighted by Gasteiger charge is 2.20. The number of aryl methyl sites for hydroxylation is 1. The summed E-state index contributed by atoms with van der Waals surface area (Å²) >= 11 is 0. The Bertz CT molecular complexity index is 681. The Morgan fingerprint density at radius 2 is 1.86 bits per heavy atom. The van der Waals surface area contributed by atoms with E-state index >= 15 is 0 Å². The molecule has 0 aliphatic carbocycles. The summed E-state index contributed by atoms with van der Waals surface area (Å²) < 4.78 is 0. The van der Waals surface area contributed by atoms with E-state index in [4.69, 9.17) is 11.5 Å². The number of hydrogen-bond acceptors (Lipinski definition) is 3. The molecule has 1 aliphatic rings. The molecule has 2 aromatic carbocycles. The molecule has 1 heterocycles. The normalized spacial score (nSPS) is 14.4. The third-order valence-electron chi connectivity index (χ3n) is 3.94. The van der Waals surface area contributed by atoms with Gasteiger partial charge >= 0.3 is 0 Å². The van der Waals surface area contributed by atoms with Crippen LogP contribution in [0.25, 0.3) is 0 Å². The summed E-state index contributed by atoms with van der Waals surface area (Å²) in [7, 11) is 0. The standard InChI is InChI=1S/C17H19N3O/c18-13-8-9-14(17(19)21)16(11-13)20-10-4-3-6-12-5-1-2-7-15(12)20/h1-2,5,7-9,11H,3-4,6,10,18H2,(H2,19,21). The molecule has 4 heteroatoms. The number of rotatable bonds is 2. The van der Waals surface area contributed by atoms with E-state index in [1.54, 1.807) is 12.1 Å². The van der Waals surface area contributed by atoms with Crippen LogP contribution in [0.1, 0.15) is 28.8 Å². The zero-order valence-electron chi connectivity index (χ0n) is 11.9. The van der Waals surface area contributed by atoms with Gasteiger partial charge in [-0.05, 0) is 49.1 Å². The second-order valence-electron chi connectivity index (χ2n) is 5.38. The lowest BCUT2D eigenvalue weighted by Gasteiger charge is -2.27. The predicted octanol–water partition coefficient (Wildman–Crippen LogP) is 2.84. The van der Waals surface area contributed by atoms with Crippen molar-refractivity contribution in [2.24, 2.45) is 5.73 Å². The number of nitrogens with two attached hydrogens (primary N) is 2. The SMILES string of the molecule is NC(=O)c1ccc(N)cc1N1CCCCc2ccccc21. The van der Waals surface area contributed by atoms with Gasteiger partial charge in [0, 0.05) is 17.9 Å². The number of nitrogens with zero attached hydrogens (tertiary/aromatic N) is 1.